The van der Waals surface area contributed by atoms with Crippen LogP contribution in [-0.2, 0) is 6.42 Å². The summed E-state index contributed by atoms with van der Waals surface area (Å²) in [4.78, 5) is 0. The molecule has 0 aromatic heterocycles. The highest BCUT2D eigenvalue weighted by molar-refractivity contribution is 6.32. The van der Waals surface area contributed by atoms with Gasteiger partial charge in [0.2, 0.25) is 0 Å². The first-order valence-corrected chi connectivity index (χ1v) is 9.51. The van der Waals surface area contributed by atoms with E-state index < -0.39 is 0 Å². The maximum Gasteiger partial charge on any atom is -0.00201 e. The Balaban J connectivity index is 0.000000175. The van der Waals surface area contributed by atoms with Gasteiger partial charge in [-0.2, -0.15) is 0 Å². The molecule has 0 heteroatoms. The van der Waals surface area contributed by atoms with E-state index in [1.54, 1.807) is 0 Å². The number of fused-ring (bicyclic) bond motifs is 3. The second-order valence-electron chi connectivity index (χ2n) is 7.36. The zero-order chi connectivity index (χ0) is 17.8. The Hall–Kier alpha value is -3.38. The van der Waals surface area contributed by atoms with Crippen molar-refractivity contribution in [1.82, 2.24) is 0 Å². The third-order valence-corrected chi connectivity index (χ3v) is 5.76. The first kappa shape index (κ1) is 14.8. The zero-order valence-corrected chi connectivity index (χ0v) is 14.9. The molecule has 6 aromatic carbocycles. The van der Waals surface area contributed by atoms with E-state index in [0.717, 1.165) is 0 Å². The second-order valence-corrected chi connectivity index (χ2v) is 7.36. The molecule has 0 atom stereocenters. The molecule has 0 saturated heterocycles. The Morgan fingerprint density at radius 2 is 0.741 bits per heavy atom. The van der Waals surface area contributed by atoms with Gasteiger partial charge in [-0.3, -0.25) is 0 Å². The minimum atomic E-state index is 1.24. The van der Waals surface area contributed by atoms with Crippen LogP contribution in [-0.4, -0.2) is 0 Å². The minimum absolute atomic E-state index is 1.24. The van der Waals surface area contributed by atoms with Crippen LogP contribution in [0.25, 0.3) is 43.1 Å². The Morgan fingerprint density at radius 3 is 1.07 bits per heavy atom. The van der Waals surface area contributed by atoms with Crippen molar-refractivity contribution in [1.29, 1.82) is 0 Å². The fraction of sp³-hybridized carbons (Fsp3) is 0.0370. The lowest BCUT2D eigenvalue weighted by Crippen LogP contribution is -1.85. The van der Waals surface area contributed by atoms with Crippen LogP contribution in [0.4, 0.5) is 0 Å². The standard InChI is InChI=1S/C20H12.C7H6/c1-5-13-6-2-11-17-18-12-4-8-14-7-3-10-16(20(14)18)15(9-1)19(13)17;1-2-4-7-5-6(7)3-1/h1-12H;1-4H,5H2. The van der Waals surface area contributed by atoms with E-state index in [2.05, 4.69) is 97.1 Å². The van der Waals surface area contributed by atoms with Gasteiger partial charge in [0.15, 0.2) is 0 Å². The Labute approximate surface area is 158 Å². The number of hydrogen-bond acceptors (Lipinski definition) is 0. The summed E-state index contributed by atoms with van der Waals surface area (Å²) in [6.45, 7) is 0. The maximum atomic E-state index is 2.25. The Bertz CT molecular complexity index is 1250. The lowest BCUT2D eigenvalue weighted by molar-refractivity contribution is 1.61. The van der Waals surface area contributed by atoms with Gasteiger partial charge in [0.1, 0.15) is 0 Å². The molecule has 0 aliphatic heterocycles. The quantitative estimate of drug-likeness (QED) is 0.200. The third-order valence-electron chi connectivity index (χ3n) is 5.76. The van der Waals surface area contributed by atoms with Crippen molar-refractivity contribution in [3.05, 3.63) is 108 Å². The molecule has 126 valence electrons. The number of rotatable bonds is 0. The summed E-state index contributed by atoms with van der Waals surface area (Å²) in [7, 11) is 0. The minimum Gasteiger partial charge on any atom is -0.0620 e. The summed E-state index contributed by atoms with van der Waals surface area (Å²) in [5.41, 5.74) is 3.06. The highest BCUT2D eigenvalue weighted by Crippen LogP contribution is 2.39. The molecule has 0 unspecified atom stereocenters. The van der Waals surface area contributed by atoms with Crippen molar-refractivity contribution in [3.8, 4) is 0 Å². The maximum absolute atomic E-state index is 2.25. The third kappa shape index (κ3) is 2.23. The van der Waals surface area contributed by atoms with Crippen LogP contribution in [0.1, 0.15) is 11.1 Å². The summed E-state index contributed by atoms with van der Waals surface area (Å²) >= 11 is 0. The SMILES string of the molecule is c1cc2cccc3c4cccc5cccc(c(c1)c23)c54.c1ccc2c(c1)C2. The van der Waals surface area contributed by atoms with E-state index in [1.807, 2.05) is 0 Å². The van der Waals surface area contributed by atoms with E-state index in [4.69, 9.17) is 0 Å². The van der Waals surface area contributed by atoms with Gasteiger partial charge >= 0.3 is 0 Å². The molecule has 27 heavy (non-hydrogen) atoms. The summed E-state index contributed by atoms with van der Waals surface area (Å²) < 4.78 is 0. The van der Waals surface area contributed by atoms with Gasteiger partial charge in [-0.05, 0) is 60.6 Å². The average molecular weight is 342 g/mol. The molecule has 0 amide bonds. The number of hydrogen-bond donors (Lipinski definition) is 0. The van der Waals surface area contributed by atoms with Crippen molar-refractivity contribution < 1.29 is 0 Å². The van der Waals surface area contributed by atoms with E-state index in [-0.39, 0.29) is 0 Å². The Kier molecular flexibility index (Phi) is 3.04. The van der Waals surface area contributed by atoms with E-state index in [1.165, 1.54) is 60.6 Å². The van der Waals surface area contributed by atoms with Gasteiger partial charge in [-0.1, -0.05) is 97.1 Å². The van der Waals surface area contributed by atoms with Crippen LogP contribution >= 0.6 is 0 Å². The van der Waals surface area contributed by atoms with Crippen LogP contribution < -0.4 is 0 Å². The lowest BCUT2D eigenvalue weighted by Gasteiger charge is -2.13. The fourth-order valence-corrected chi connectivity index (χ4v) is 4.42. The largest absolute Gasteiger partial charge is 0.0620 e. The number of benzene rings is 6. The molecule has 0 radical (unpaired) electrons. The van der Waals surface area contributed by atoms with Gasteiger partial charge < -0.3 is 0 Å². The fourth-order valence-electron chi connectivity index (χ4n) is 4.42. The topological polar surface area (TPSA) is 0 Å². The predicted octanol–water partition coefficient (Wildman–Crippen LogP) is 7.33. The first-order chi connectivity index (χ1) is 13.4. The smallest absolute Gasteiger partial charge is 0.00201 e. The van der Waals surface area contributed by atoms with Crippen LogP contribution in [0, 0.1) is 0 Å². The molecule has 0 spiro atoms. The van der Waals surface area contributed by atoms with E-state index in [0.29, 0.717) is 0 Å². The first-order valence-electron chi connectivity index (χ1n) is 9.51. The zero-order valence-electron chi connectivity index (χ0n) is 14.9. The molecule has 6 aromatic rings. The second kappa shape index (κ2) is 5.56. The lowest BCUT2D eigenvalue weighted by atomic mass is 9.90. The van der Waals surface area contributed by atoms with Gasteiger partial charge in [-0.25, -0.2) is 0 Å². The molecule has 0 nitrogen and oxygen atoms in total. The molecule has 0 fully saturated rings. The van der Waals surface area contributed by atoms with E-state index >= 15 is 0 Å². The predicted molar refractivity (Wildman–Crippen MR) is 117 cm³/mol. The van der Waals surface area contributed by atoms with Crippen molar-refractivity contribution in [2.75, 3.05) is 0 Å². The summed E-state index contributed by atoms with van der Waals surface area (Å²) in [5, 5.41) is 10.9. The van der Waals surface area contributed by atoms with E-state index in [9.17, 15) is 0 Å². The Morgan fingerprint density at radius 1 is 0.370 bits per heavy atom. The molecule has 0 N–H and O–H groups in total. The van der Waals surface area contributed by atoms with Crippen molar-refractivity contribution in [2.45, 2.75) is 6.42 Å². The van der Waals surface area contributed by atoms with Crippen molar-refractivity contribution >= 4 is 43.1 Å². The van der Waals surface area contributed by atoms with Crippen LogP contribution in [0.15, 0.2) is 97.1 Å². The van der Waals surface area contributed by atoms with Gasteiger partial charge in [0, 0.05) is 0 Å². The van der Waals surface area contributed by atoms with Gasteiger partial charge in [0.05, 0.1) is 0 Å². The summed E-state index contributed by atoms with van der Waals surface area (Å²) in [6, 6.07) is 35.0. The normalized spacial score (nSPS) is 12.3. The van der Waals surface area contributed by atoms with Crippen molar-refractivity contribution in [3.63, 3.8) is 0 Å². The van der Waals surface area contributed by atoms with Gasteiger partial charge in [-0.15, -0.1) is 0 Å². The summed E-state index contributed by atoms with van der Waals surface area (Å²) in [5.74, 6) is 0. The van der Waals surface area contributed by atoms with Crippen molar-refractivity contribution in [2.24, 2.45) is 0 Å². The molecule has 7 rings (SSSR count). The average Bonchev–Trinajstić information content (AvgIpc) is 3.52. The molecule has 0 bridgehead atoms. The molecule has 1 aliphatic rings. The highest BCUT2D eigenvalue weighted by atomic mass is 14.2. The van der Waals surface area contributed by atoms with Gasteiger partial charge in [0.25, 0.3) is 0 Å². The van der Waals surface area contributed by atoms with Crippen LogP contribution in [0.5, 0.6) is 0 Å². The molecule has 0 heterocycles. The van der Waals surface area contributed by atoms with Crippen LogP contribution in [0.2, 0.25) is 0 Å². The molecular formula is C27H18. The monoisotopic (exact) mass is 342 g/mol. The van der Waals surface area contributed by atoms with Crippen LogP contribution in [0.3, 0.4) is 0 Å². The highest BCUT2D eigenvalue weighted by Gasteiger charge is 2.12. The molecule has 0 saturated carbocycles. The molecular weight excluding hydrogens is 324 g/mol. The molecule has 1 aliphatic carbocycles. The summed E-state index contributed by atoms with van der Waals surface area (Å²) in [6.07, 6.45) is 1.24.